The van der Waals surface area contributed by atoms with Gasteiger partial charge in [-0.15, -0.1) is 0 Å². The van der Waals surface area contributed by atoms with Gasteiger partial charge in [-0.05, 0) is 18.1 Å². The Morgan fingerprint density at radius 1 is 0.885 bits per heavy atom. The van der Waals surface area contributed by atoms with E-state index in [1.807, 2.05) is 13.1 Å². The highest BCUT2D eigenvalue weighted by molar-refractivity contribution is 6.74. The number of aliphatic hydroxyl groups excluding tert-OH is 1. The Balaban J connectivity index is 5.28. The van der Waals surface area contributed by atoms with Crippen LogP contribution < -0.4 is 0 Å². The molecule has 1 N–H and O–H groups in total. The van der Waals surface area contributed by atoms with E-state index in [1.54, 1.807) is 0 Å². The van der Waals surface area contributed by atoms with Crippen molar-refractivity contribution in [2.24, 2.45) is 0 Å². The van der Waals surface area contributed by atoms with Crippen molar-refractivity contribution in [3.63, 3.8) is 0 Å². The third-order valence-electron chi connectivity index (χ3n) is 4.26. The van der Waals surface area contributed by atoms with Crippen LogP contribution in [0.5, 0.6) is 0 Å². The van der Waals surface area contributed by atoms with E-state index in [2.05, 4.69) is 20.8 Å². The van der Waals surface area contributed by atoms with Crippen molar-refractivity contribution >= 4 is 26.2 Å². The zero-order valence-electron chi connectivity index (χ0n) is 17.0. The predicted molar refractivity (Wildman–Crippen MR) is 96.9 cm³/mol. The maximum Gasteiger partial charge on any atom is 0.303 e. The first-order valence-corrected chi connectivity index (χ1v) is 11.4. The molecule has 0 amide bonds. The van der Waals surface area contributed by atoms with E-state index in [0.29, 0.717) is 0 Å². The van der Waals surface area contributed by atoms with Gasteiger partial charge in [0.1, 0.15) is 12.7 Å². The average Bonchev–Trinajstić information content (AvgIpc) is 2.45. The fourth-order valence-corrected chi connectivity index (χ4v) is 2.79. The van der Waals surface area contributed by atoms with E-state index in [-0.39, 0.29) is 18.3 Å². The lowest BCUT2D eigenvalue weighted by Crippen LogP contribution is -2.50. The van der Waals surface area contributed by atoms with Crippen molar-refractivity contribution in [2.45, 2.75) is 78.0 Å². The molecule has 0 radical (unpaired) electrons. The zero-order chi connectivity index (χ0) is 20.7. The zero-order valence-corrected chi connectivity index (χ0v) is 18.0. The third kappa shape index (κ3) is 8.77. The quantitative estimate of drug-likeness (QED) is 0.359. The van der Waals surface area contributed by atoms with Gasteiger partial charge >= 0.3 is 17.9 Å². The van der Waals surface area contributed by atoms with E-state index in [9.17, 15) is 19.5 Å². The first kappa shape index (κ1) is 24.5. The molecule has 0 saturated heterocycles. The molecule has 0 aromatic heterocycles. The van der Waals surface area contributed by atoms with Crippen LogP contribution in [0.4, 0.5) is 0 Å². The Hall–Kier alpha value is -1.45. The van der Waals surface area contributed by atoms with Crippen molar-refractivity contribution < 1.29 is 38.1 Å². The molecule has 0 fully saturated rings. The predicted octanol–water partition coefficient (Wildman–Crippen LogP) is 1.80. The number of aliphatic hydroxyl groups is 1. The smallest absolute Gasteiger partial charge is 0.303 e. The summed E-state index contributed by atoms with van der Waals surface area (Å²) in [6.07, 6.45) is -3.66. The summed E-state index contributed by atoms with van der Waals surface area (Å²) in [5.41, 5.74) is 0. The topological polar surface area (TPSA) is 108 Å². The molecule has 0 aromatic rings. The number of rotatable bonds is 9. The van der Waals surface area contributed by atoms with Crippen molar-refractivity contribution in [3.05, 3.63) is 0 Å². The van der Waals surface area contributed by atoms with Gasteiger partial charge in [0.25, 0.3) is 0 Å². The summed E-state index contributed by atoms with van der Waals surface area (Å²) < 4.78 is 21.0. The van der Waals surface area contributed by atoms with Crippen LogP contribution in [0.15, 0.2) is 0 Å². The molecule has 0 spiro atoms. The van der Waals surface area contributed by atoms with Crippen molar-refractivity contribution in [1.29, 1.82) is 0 Å². The van der Waals surface area contributed by atoms with Gasteiger partial charge in [-0.25, -0.2) is 0 Å². The number of hydrogen-bond donors (Lipinski definition) is 1. The Morgan fingerprint density at radius 3 is 1.65 bits per heavy atom. The van der Waals surface area contributed by atoms with Gasteiger partial charge < -0.3 is 23.7 Å². The van der Waals surface area contributed by atoms with Crippen LogP contribution in [0, 0.1) is 0 Å². The minimum absolute atomic E-state index is 0.0604. The number of ether oxygens (including phenoxy) is 3. The first-order chi connectivity index (χ1) is 11.7. The van der Waals surface area contributed by atoms with Crippen LogP contribution in [0.2, 0.25) is 18.1 Å². The van der Waals surface area contributed by atoms with Crippen molar-refractivity contribution in [3.8, 4) is 0 Å². The summed E-state index contributed by atoms with van der Waals surface area (Å²) in [5, 5.41) is 10.5. The van der Waals surface area contributed by atoms with E-state index >= 15 is 0 Å². The van der Waals surface area contributed by atoms with Gasteiger partial charge in [-0.3, -0.25) is 14.4 Å². The molecule has 0 saturated carbocycles. The number of carbonyl (C=O) groups excluding carboxylic acids is 3. The maximum atomic E-state index is 11.4. The molecule has 0 aliphatic heterocycles. The van der Waals surface area contributed by atoms with E-state index < -0.39 is 44.5 Å². The molecule has 8 nitrogen and oxygen atoms in total. The summed E-state index contributed by atoms with van der Waals surface area (Å²) in [4.78, 5) is 33.7. The molecular weight excluding hydrogens is 360 g/mol. The Labute approximate surface area is 156 Å². The van der Waals surface area contributed by atoms with Crippen LogP contribution in [0.3, 0.4) is 0 Å². The molecule has 0 unspecified atom stereocenters. The van der Waals surface area contributed by atoms with Crippen LogP contribution in [0.25, 0.3) is 0 Å². The summed E-state index contributed by atoms with van der Waals surface area (Å²) in [7, 11) is -2.16. The van der Waals surface area contributed by atoms with E-state index in [1.165, 1.54) is 20.8 Å². The second-order valence-electron chi connectivity index (χ2n) is 7.66. The molecule has 26 heavy (non-hydrogen) atoms. The molecule has 3 atom stereocenters. The minimum atomic E-state index is -2.16. The van der Waals surface area contributed by atoms with Gasteiger partial charge in [-0.1, -0.05) is 20.8 Å². The SMILES string of the molecule is CC(=O)OC[C@@H](OC(C)=O)[C@H](O)[C@@H](CO[Si](C)(C)C(C)(C)C)OC(C)=O. The largest absolute Gasteiger partial charge is 0.462 e. The maximum absolute atomic E-state index is 11.4. The highest BCUT2D eigenvalue weighted by Crippen LogP contribution is 2.36. The van der Waals surface area contributed by atoms with Gasteiger partial charge in [0.2, 0.25) is 0 Å². The highest BCUT2D eigenvalue weighted by Gasteiger charge is 2.40. The lowest BCUT2D eigenvalue weighted by Gasteiger charge is -2.38. The molecule has 0 aromatic carbocycles. The first-order valence-electron chi connectivity index (χ1n) is 8.47. The monoisotopic (exact) mass is 392 g/mol. The van der Waals surface area contributed by atoms with E-state index in [4.69, 9.17) is 18.6 Å². The van der Waals surface area contributed by atoms with Gasteiger partial charge in [0.05, 0.1) is 6.61 Å². The third-order valence-corrected chi connectivity index (χ3v) is 8.76. The van der Waals surface area contributed by atoms with Crippen molar-refractivity contribution in [2.75, 3.05) is 13.2 Å². The molecule has 0 aliphatic carbocycles. The standard InChI is InChI=1S/C17H32O8Si/c1-11(18)22-9-14(24-12(2)19)16(21)15(25-13(3)20)10-23-26(7,8)17(4,5)6/h14-16,21H,9-10H2,1-8H3/t14-,15-,16+/m1/s1. The summed E-state index contributed by atoms with van der Waals surface area (Å²) in [6.45, 7) is 13.4. The second-order valence-corrected chi connectivity index (χ2v) is 12.5. The number of hydrogen-bond acceptors (Lipinski definition) is 8. The van der Waals surface area contributed by atoms with Crippen LogP contribution in [0.1, 0.15) is 41.5 Å². The molecule has 152 valence electrons. The molecule has 0 heterocycles. The number of carbonyl (C=O) groups is 3. The Morgan fingerprint density at radius 2 is 1.31 bits per heavy atom. The second kappa shape index (κ2) is 10.0. The van der Waals surface area contributed by atoms with Gasteiger partial charge in [0.15, 0.2) is 20.5 Å². The van der Waals surface area contributed by atoms with Gasteiger partial charge in [-0.2, -0.15) is 0 Å². The summed E-state index contributed by atoms with van der Waals surface area (Å²) in [6, 6.07) is 0. The normalized spacial score (nSPS) is 15.6. The highest BCUT2D eigenvalue weighted by atomic mass is 28.4. The summed E-state index contributed by atoms with van der Waals surface area (Å²) in [5.74, 6) is -1.86. The molecule has 0 bridgehead atoms. The number of esters is 3. The van der Waals surface area contributed by atoms with Crippen LogP contribution in [-0.2, 0) is 33.0 Å². The van der Waals surface area contributed by atoms with Crippen LogP contribution >= 0.6 is 0 Å². The molecule has 0 rings (SSSR count). The van der Waals surface area contributed by atoms with Crippen molar-refractivity contribution in [1.82, 2.24) is 0 Å². The van der Waals surface area contributed by atoms with Gasteiger partial charge in [0, 0.05) is 20.8 Å². The fraction of sp³-hybridized carbons (Fsp3) is 0.824. The molecule has 9 heteroatoms. The molecular formula is C17H32O8Si. The lowest BCUT2D eigenvalue weighted by atomic mass is 10.1. The lowest BCUT2D eigenvalue weighted by molar-refractivity contribution is -0.178. The minimum Gasteiger partial charge on any atom is -0.462 e. The average molecular weight is 393 g/mol. The van der Waals surface area contributed by atoms with E-state index in [0.717, 1.165) is 0 Å². The Bertz CT molecular complexity index is 497. The van der Waals surface area contributed by atoms with Crippen LogP contribution in [-0.4, -0.2) is 62.9 Å². The molecule has 0 aliphatic rings. The summed E-state index contributed by atoms with van der Waals surface area (Å²) >= 11 is 0. The fourth-order valence-electron chi connectivity index (χ4n) is 1.78. The Kier molecular flexibility index (Phi) is 9.47.